The molecule has 0 bridgehead atoms. The van der Waals surface area contributed by atoms with Crippen LogP contribution in [-0.2, 0) is 32.3 Å². The van der Waals surface area contributed by atoms with Gasteiger partial charge in [-0.25, -0.2) is 8.42 Å². The van der Waals surface area contributed by atoms with Gasteiger partial charge in [0, 0.05) is 28.7 Å². The van der Waals surface area contributed by atoms with Gasteiger partial charge in [0.1, 0.15) is 12.6 Å². The molecule has 0 heterocycles. The van der Waals surface area contributed by atoms with Crippen molar-refractivity contribution in [3.05, 3.63) is 62.6 Å². The lowest BCUT2D eigenvalue weighted by Crippen LogP contribution is -2.51. The first-order valence-corrected chi connectivity index (χ1v) is 13.9. The lowest BCUT2D eigenvalue weighted by atomic mass is 10.1. The molecule has 2 amide bonds. The topological polar surface area (TPSA) is 86.8 Å². The van der Waals surface area contributed by atoms with Crippen LogP contribution in [-0.4, -0.2) is 50.5 Å². The summed E-state index contributed by atoms with van der Waals surface area (Å²) in [5.41, 5.74) is -1.38. The molecule has 0 radical (unpaired) electrons. The number of carbonyl (C=O) groups is 2. The number of alkyl halides is 3. The third-order valence-corrected chi connectivity index (χ3v) is 7.51. The van der Waals surface area contributed by atoms with Crippen molar-refractivity contribution < 1.29 is 31.2 Å². The Morgan fingerprint density at radius 1 is 1.05 bits per heavy atom. The largest absolute Gasteiger partial charge is 0.417 e. The highest BCUT2D eigenvalue weighted by atomic mass is 35.5. The number of sulfonamides is 1. The van der Waals surface area contributed by atoms with Crippen molar-refractivity contribution in [3.8, 4) is 0 Å². The van der Waals surface area contributed by atoms with Crippen molar-refractivity contribution in [2.24, 2.45) is 0 Å². The molecule has 204 valence electrons. The summed E-state index contributed by atoms with van der Waals surface area (Å²) in [6.07, 6.45) is -3.49. The molecule has 2 aromatic carbocycles. The van der Waals surface area contributed by atoms with Crippen molar-refractivity contribution in [2.45, 2.75) is 39.0 Å². The molecule has 0 saturated carbocycles. The van der Waals surface area contributed by atoms with Crippen LogP contribution in [0.4, 0.5) is 18.9 Å². The van der Waals surface area contributed by atoms with E-state index in [4.69, 9.17) is 34.8 Å². The number of carbonyl (C=O) groups excluding carboxylic acids is 2. The minimum Gasteiger partial charge on any atom is -0.354 e. The molecule has 2 aromatic rings. The van der Waals surface area contributed by atoms with Gasteiger partial charge in [-0.15, -0.1) is 0 Å². The van der Waals surface area contributed by atoms with E-state index >= 15 is 0 Å². The molecule has 14 heteroatoms. The Morgan fingerprint density at radius 2 is 1.65 bits per heavy atom. The Morgan fingerprint density at radius 3 is 2.16 bits per heavy atom. The quantitative estimate of drug-likeness (QED) is 0.396. The van der Waals surface area contributed by atoms with Crippen LogP contribution in [0.15, 0.2) is 36.4 Å². The van der Waals surface area contributed by atoms with E-state index in [1.54, 1.807) is 6.07 Å². The fourth-order valence-electron chi connectivity index (χ4n) is 3.33. The SMILES string of the molecule is CCCNC(=O)[C@@H](C)N(Cc1c(Cl)cccc1Cl)C(=O)CN(c1ccc(Cl)c(C(F)(F)F)c1)S(C)(=O)=O. The Kier molecular flexibility index (Phi) is 10.5. The first kappa shape index (κ1) is 31.0. The number of benzene rings is 2. The number of nitrogens with one attached hydrogen (secondary N) is 1. The minimum absolute atomic E-state index is 0.207. The van der Waals surface area contributed by atoms with E-state index in [9.17, 15) is 31.2 Å². The predicted molar refractivity (Wildman–Crippen MR) is 138 cm³/mol. The normalized spacial score (nSPS) is 12.7. The average Bonchev–Trinajstić information content (AvgIpc) is 2.79. The number of nitrogens with zero attached hydrogens (tertiary/aromatic N) is 2. The van der Waals surface area contributed by atoms with Crippen LogP contribution in [0.2, 0.25) is 15.1 Å². The zero-order valence-electron chi connectivity index (χ0n) is 20.1. The van der Waals surface area contributed by atoms with Gasteiger partial charge in [-0.3, -0.25) is 13.9 Å². The predicted octanol–water partition coefficient (Wildman–Crippen LogP) is 5.38. The van der Waals surface area contributed by atoms with Crippen LogP contribution in [0.1, 0.15) is 31.4 Å². The van der Waals surface area contributed by atoms with E-state index in [0.29, 0.717) is 28.9 Å². The van der Waals surface area contributed by atoms with E-state index in [1.165, 1.54) is 19.1 Å². The Hall–Kier alpha value is -2.21. The number of amides is 2. The Balaban J connectivity index is 2.52. The molecular formula is C23H25Cl3F3N3O4S. The van der Waals surface area contributed by atoms with E-state index in [1.807, 2.05) is 6.92 Å². The van der Waals surface area contributed by atoms with E-state index in [2.05, 4.69) is 5.32 Å². The molecule has 0 spiro atoms. The average molecular weight is 603 g/mol. The second-order valence-corrected chi connectivity index (χ2v) is 11.2. The lowest BCUT2D eigenvalue weighted by Gasteiger charge is -2.32. The maximum atomic E-state index is 13.5. The molecular weight excluding hydrogens is 578 g/mol. The highest BCUT2D eigenvalue weighted by Crippen LogP contribution is 2.37. The maximum Gasteiger partial charge on any atom is 0.417 e. The van der Waals surface area contributed by atoms with Crippen molar-refractivity contribution >= 4 is 62.3 Å². The Labute approximate surface area is 228 Å². The highest BCUT2D eigenvalue weighted by molar-refractivity contribution is 7.92. The smallest absolute Gasteiger partial charge is 0.354 e. The van der Waals surface area contributed by atoms with Gasteiger partial charge >= 0.3 is 6.18 Å². The molecule has 0 saturated heterocycles. The van der Waals surface area contributed by atoms with Gasteiger partial charge in [0.2, 0.25) is 21.8 Å². The molecule has 1 atom stereocenters. The summed E-state index contributed by atoms with van der Waals surface area (Å²) in [5, 5.41) is 2.44. The van der Waals surface area contributed by atoms with Gasteiger partial charge in [0.25, 0.3) is 0 Å². The van der Waals surface area contributed by atoms with Crippen LogP contribution in [0.25, 0.3) is 0 Å². The van der Waals surface area contributed by atoms with Crippen molar-refractivity contribution in [1.29, 1.82) is 0 Å². The fourth-order valence-corrected chi connectivity index (χ4v) is 4.91. The minimum atomic E-state index is -4.86. The number of halogens is 6. The molecule has 0 aliphatic heterocycles. The van der Waals surface area contributed by atoms with Crippen molar-refractivity contribution in [3.63, 3.8) is 0 Å². The van der Waals surface area contributed by atoms with Gasteiger partial charge in [0.15, 0.2) is 0 Å². The monoisotopic (exact) mass is 601 g/mol. The summed E-state index contributed by atoms with van der Waals surface area (Å²) < 4.78 is 65.8. The third-order valence-electron chi connectivity index (χ3n) is 5.33. The zero-order valence-corrected chi connectivity index (χ0v) is 23.2. The molecule has 0 unspecified atom stereocenters. The van der Waals surface area contributed by atoms with Crippen LogP contribution in [0.3, 0.4) is 0 Å². The number of rotatable bonds is 10. The highest BCUT2D eigenvalue weighted by Gasteiger charge is 2.35. The zero-order chi connectivity index (χ0) is 28.1. The second kappa shape index (κ2) is 12.6. The summed E-state index contributed by atoms with van der Waals surface area (Å²) in [6.45, 7) is 2.44. The molecule has 2 rings (SSSR count). The van der Waals surface area contributed by atoms with Crippen LogP contribution in [0.5, 0.6) is 0 Å². The first-order valence-electron chi connectivity index (χ1n) is 10.9. The summed E-state index contributed by atoms with van der Waals surface area (Å²) in [5.74, 6) is -1.39. The van der Waals surface area contributed by atoms with Gasteiger partial charge in [0.05, 0.1) is 22.5 Å². The summed E-state index contributed by atoms with van der Waals surface area (Å²) in [6, 6.07) is 6.04. The fraction of sp³-hybridized carbons (Fsp3) is 0.391. The maximum absolute atomic E-state index is 13.5. The third kappa shape index (κ3) is 8.13. The number of hydrogen-bond acceptors (Lipinski definition) is 4. The van der Waals surface area contributed by atoms with Gasteiger partial charge in [-0.05, 0) is 43.7 Å². The molecule has 1 N–H and O–H groups in total. The summed E-state index contributed by atoms with van der Waals surface area (Å²) in [7, 11) is -4.25. The van der Waals surface area contributed by atoms with E-state index in [0.717, 1.165) is 23.3 Å². The summed E-state index contributed by atoms with van der Waals surface area (Å²) in [4.78, 5) is 27.3. The number of hydrogen-bond donors (Lipinski definition) is 1. The lowest BCUT2D eigenvalue weighted by molar-refractivity contribution is -0.139. The van der Waals surface area contributed by atoms with E-state index in [-0.39, 0.29) is 16.6 Å². The van der Waals surface area contributed by atoms with Gasteiger partial charge in [-0.2, -0.15) is 13.2 Å². The van der Waals surface area contributed by atoms with Crippen molar-refractivity contribution in [1.82, 2.24) is 10.2 Å². The van der Waals surface area contributed by atoms with Gasteiger partial charge < -0.3 is 10.2 Å². The molecule has 0 aromatic heterocycles. The molecule has 37 heavy (non-hydrogen) atoms. The second-order valence-electron chi connectivity index (χ2n) is 8.12. The standard InChI is InChI=1S/C23H25Cl3F3N3O4S/c1-4-10-30-22(34)14(2)31(12-16-18(24)6-5-7-19(16)25)21(33)13-32(37(3,35)36)15-8-9-20(26)17(11-15)23(27,28)29/h5-9,11,14H,4,10,12-13H2,1-3H3,(H,30,34)/t14-/m1/s1. The first-order chi connectivity index (χ1) is 17.1. The van der Waals surface area contributed by atoms with Gasteiger partial charge in [-0.1, -0.05) is 47.8 Å². The molecule has 0 aliphatic rings. The van der Waals surface area contributed by atoms with Crippen LogP contribution >= 0.6 is 34.8 Å². The van der Waals surface area contributed by atoms with Crippen molar-refractivity contribution in [2.75, 3.05) is 23.7 Å². The Bertz CT molecular complexity index is 1240. The summed E-state index contributed by atoms with van der Waals surface area (Å²) >= 11 is 18.2. The molecule has 7 nitrogen and oxygen atoms in total. The van der Waals surface area contributed by atoms with Crippen LogP contribution < -0.4 is 9.62 Å². The number of anilines is 1. The van der Waals surface area contributed by atoms with Crippen LogP contribution in [0, 0.1) is 0 Å². The van der Waals surface area contributed by atoms with E-state index < -0.39 is 56.9 Å². The molecule has 0 aliphatic carbocycles. The molecule has 0 fully saturated rings.